The van der Waals surface area contributed by atoms with Crippen LogP contribution in [0.3, 0.4) is 0 Å². The lowest BCUT2D eigenvalue weighted by Gasteiger charge is -2.24. The number of nitrogens with two attached hydrogens (primary N) is 1. The van der Waals surface area contributed by atoms with Crippen LogP contribution in [-0.4, -0.2) is 19.1 Å². The molecular weight excluding hydrogens is 216 g/mol. The predicted octanol–water partition coefficient (Wildman–Crippen LogP) is 1.49. The van der Waals surface area contributed by atoms with E-state index in [1.807, 2.05) is 12.1 Å². The van der Waals surface area contributed by atoms with Gasteiger partial charge in [0, 0.05) is 18.8 Å². The summed E-state index contributed by atoms with van der Waals surface area (Å²) in [6, 6.07) is 5.74. The van der Waals surface area contributed by atoms with E-state index in [4.69, 9.17) is 10.6 Å². The van der Waals surface area contributed by atoms with Crippen LogP contribution in [0.15, 0.2) is 18.2 Å². The maximum absolute atomic E-state index is 11.5. The third-order valence-corrected chi connectivity index (χ3v) is 3.33. The summed E-state index contributed by atoms with van der Waals surface area (Å²) >= 11 is 0. The van der Waals surface area contributed by atoms with E-state index in [-0.39, 0.29) is 5.91 Å². The summed E-state index contributed by atoms with van der Waals surface area (Å²) < 4.78 is 5.36. The van der Waals surface area contributed by atoms with Gasteiger partial charge in [-0.2, -0.15) is 0 Å². The van der Waals surface area contributed by atoms with E-state index in [0.29, 0.717) is 11.5 Å². The standard InChI is InChI=1S/C13H18N2O2/c1-9-2-3-11(13(16)15-14)8-12(9)10-4-6-17-7-5-10/h2-3,8,10H,4-7,14H2,1H3,(H,15,16). The average molecular weight is 234 g/mol. The highest BCUT2D eigenvalue weighted by Crippen LogP contribution is 2.29. The van der Waals surface area contributed by atoms with Crippen LogP contribution in [0.1, 0.15) is 40.2 Å². The quantitative estimate of drug-likeness (QED) is 0.463. The second kappa shape index (κ2) is 5.29. The van der Waals surface area contributed by atoms with Crippen LogP contribution in [0.25, 0.3) is 0 Å². The van der Waals surface area contributed by atoms with Gasteiger partial charge >= 0.3 is 0 Å². The molecule has 0 atom stereocenters. The van der Waals surface area contributed by atoms with Crippen LogP contribution >= 0.6 is 0 Å². The molecule has 3 N–H and O–H groups in total. The SMILES string of the molecule is Cc1ccc(C(=O)NN)cc1C1CCOCC1. The fourth-order valence-corrected chi connectivity index (χ4v) is 2.31. The summed E-state index contributed by atoms with van der Waals surface area (Å²) in [6.07, 6.45) is 2.04. The van der Waals surface area contributed by atoms with Gasteiger partial charge in [0.2, 0.25) is 0 Å². The van der Waals surface area contributed by atoms with E-state index in [1.54, 1.807) is 6.07 Å². The van der Waals surface area contributed by atoms with Gasteiger partial charge in [-0.25, -0.2) is 5.84 Å². The van der Waals surface area contributed by atoms with Crippen molar-refractivity contribution in [2.45, 2.75) is 25.7 Å². The molecule has 4 heteroatoms. The lowest BCUT2D eigenvalue weighted by atomic mass is 9.87. The lowest BCUT2D eigenvalue weighted by Crippen LogP contribution is -2.30. The first-order valence-corrected chi connectivity index (χ1v) is 5.91. The molecule has 1 saturated heterocycles. The lowest BCUT2D eigenvalue weighted by molar-refractivity contribution is 0.0852. The van der Waals surface area contributed by atoms with Crippen LogP contribution in [0.2, 0.25) is 0 Å². The molecule has 1 aliphatic heterocycles. The molecule has 1 fully saturated rings. The van der Waals surface area contributed by atoms with Gasteiger partial charge in [0.25, 0.3) is 5.91 Å². The van der Waals surface area contributed by atoms with Gasteiger partial charge in [-0.05, 0) is 48.9 Å². The minimum atomic E-state index is -0.238. The number of carbonyl (C=O) groups is 1. The Morgan fingerprint density at radius 1 is 1.41 bits per heavy atom. The summed E-state index contributed by atoms with van der Waals surface area (Å²) in [4.78, 5) is 11.5. The molecule has 1 aromatic rings. The Morgan fingerprint density at radius 3 is 2.76 bits per heavy atom. The number of hydrogen-bond acceptors (Lipinski definition) is 3. The number of aryl methyl sites for hydroxylation is 1. The Kier molecular flexibility index (Phi) is 3.76. The number of nitrogen functional groups attached to an aromatic ring is 1. The molecule has 2 rings (SSSR count). The Balaban J connectivity index is 2.28. The third kappa shape index (κ3) is 2.65. The first-order valence-electron chi connectivity index (χ1n) is 5.91. The molecule has 1 aromatic carbocycles. The summed E-state index contributed by atoms with van der Waals surface area (Å²) in [5, 5.41) is 0. The van der Waals surface area contributed by atoms with E-state index < -0.39 is 0 Å². The molecule has 0 aliphatic carbocycles. The molecule has 4 nitrogen and oxygen atoms in total. The van der Waals surface area contributed by atoms with Gasteiger partial charge in [-0.1, -0.05) is 6.07 Å². The molecule has 0 saturated carbocycles. The molecule has 0 unspecified atom stereocenters. The van der Waals surface area contributed by atoms with Gasteiger partial charge in [0.1, 0.15) is 0 Å². The largest absolute Gasteiger partial charge is 0.381 e. The first-order chi connectivity index (χ1) is 8.22. The maximum Gasteiger partial charge on any atom is 0.265 e. The van der Waals surface area contributed by atoms with E-state index in [2.05, 4.69) is 12.3 Å². The molecule has 0 radical (unpaired) electrons. The second-order valence-electron chi connectivity index (χ2n) is 4.43. The number of rotatable bonds is 2. The Hall–Kier alpha value is -1.39. The van der Waals surface area contributed by atoms with E-state index in [9.17, 15) is 4.79 Å². The van der Waals surface area contributed by atoms with E-state index in [0.717, 1.165) is 26.1 Å². The molecule has 92 valence electrons. The Morgan fingerprint density at radius 2 is 2.12 bits per heavy atom. The number of hydrogen-bond donors (Lipinski definition) is 2. The molecule has 1 aliphatic rings. The minimum absolute atomic E-state index is 0.238. The van der Waals surface area contributed by atoms with Gasteiger partial charge in [-0.3, -0.25) is 10.2 Å². The highest BCUT2D eigenvalue weighted by molar-refractivity contribution is 5.94. The van der Waals surface area contributed by atoms with Gasteiger partial charge in [0.05, 0.1) is 0 Å². The van der Waals surface area contributed by atoms with Gasteiger partial charge in [0.15, 0.2) is 0 Å². The zero-order chi connectivity index (χ0) is 12.3. The van der Waals surface area contributed by atoms with Crippen LogP contribution in [0.4, 0.5) is 0 Å². The molecule has 0 spiro atoms. The minimum Gasteiger partial charge on any atom is -0.381 e. The van der Waals surface area contributed by atoms with Gasteiger partial charge in [-0.15, -0.1) is 0 Å². The summed E-state index contributed by atoms with van der Waals surface area (Å²) in [7, 11) is 0. The van der Waals surface area contributed by atoms with Crippen molar-refractivity contribution in [2.24, 2.45) is 5.84 Å². The van der Waals surface area contributed by atoms with Crippen molar-refractivity contribution < 1.29 is 9.53 Å². The van der Waals surface area contributed by atoms with Crippen molar-refractivity contribution in [2.75, 3.05) is 13.2 Å². The number of ether oxygens (including phenoxy) is 1. The Bertz CT molecular complexity index is 412. The van der Waals surface area contributed by atoms with Crippen molar-refractivity contribution in [3.63, 3.8) is 0 Å². The molecule has 17 heavy (non-hydrogen) atoms. The molecule has 0 aromatic heterocycles. The van der Waals surface area contributed by atoms with E-state index >= 15 is 0 Å². The van der Waals surface area contributed by atoms with Crippen molar-refractivity contribution in [1.29, 1.82) is 0 Å². The number of hydrazine groups is 1. The Labute approximate surface area is 101 Å². The summed E-state index contributed by atoms with van der Waals surface area (Å²) in [5.41, 5.74) is 5.26. The highest BCUT2D eigenvalue weighted by Gasteiger charge is 2.18. The molecule has 0 bridgehead atoms. The third-order valence-electron chi connectivity index (χ3n) is 3.33. The van der Waals surface area contributed by atoms with Crippen LogP contribution < -0.4 is 11.3 Å². The molecule has 1 heterocycles. The second-order valence-corrected chi connectivity index (χ2v) is 4.43. The summed E-state index contributed by atoms with van der Waals surface area (Å²) in [6.45, 7) is 3.68. The fraction of sp³-hybridized carbons (Fsp3) is 0.462. The van der Waals surface area contributed by atoms with Crippen molar-refractivity contribution in [3.8, 4) is 0 Å². The first kappa shape index (κ1) is 12.1. The van der Waals surface area contributed by atoms with Crippen molar-refractivity contribution in [3.05, 3.63) is 34.9 Å². The monoisotopic (exact) mass is 234 g/mol. The normalized spacial score (nSPS) is 16.8. The number of amides is 1. The number of carbonyl (C=O) groups excluding carboxylic acids is 1. The topological polar surface area (TPSA) is 64.4 Å². The van der Waals surface area contributed by atoms with E-state index in [1.165, 1.54) is 11.1 Å². The van der Waals surface area contributed by atoms with Crippen molar-refractivity contribution in [1.82, 2.24) is 5.43 Å². The van der Waals surface area contributed by atoms with Gasteiger partial charge < -0.3 is 4.74 Å². The fourth-order valence-electron chi connectivity index (χ4n) is 2.31. The van der Waals surface area contributed by atoms with Crippen LogP contribution in [0.5, 0.6) is 0 Å². The number of benzene rings is 1. The smallest absolute Gasteiger partial charge is 0.265 e. The van der Waals surface area contributed by atoms with Crippen LogP contribution in [0, 0.1) is 6.92 Å². The van der Waals surface area contributed by atoms with Crippen molar-refractivity contribution >= 4 is 5.91 Å². The number of nitrogens with one attached hydrogen (secondary N) is 1. The maximum atomic E-state index is 11.5. The summed E-state index contributed by atoms with van der Waals surface area (Å²) in [5.74, 6) is 5.41. The predicted molar refractivity (Wildman–Crippen MR) is 65.6 cm³/mol. The van der Waals surface area contributed by atoms with Crippen LogP contribution in [-0.2, 0) is 4.74 Å². The zero-order valence-electron chi connectivity index (χ0n) is 10.0. The molecule has 1 amide bonds. The molecular formula is C13H18N2O2. The highest BCUT2D eigenvalue weighted by atomic mass is 16.5. The average Bonchev–Trinajstić information content (AvgIpc) is 2.39. The zero-order valence-corrected chi connectivity index (χ0v) is 10.0.